The van der Waals surface area contributed by atoms with Crippen molar-refractivity contribution in [3.05, 3.63) is 99.0 Å². The van der Waals surface area contributed by atoms with Gasteiger partial charge in [0.25, 0.3) is 11.8 Å². The molecule has 2 amide bonds. The fourth-order valence-electron chi connectivity index (χ4n) is 6.10. The van der Waals surface area contributed by atoms with Gasteiger partial charge in [0.05, 0.1) is 6.04 Å². The Balaban J connectivity index is 1.36. The van der Waals surface area contributed by atoms with E-state index in [9.17, 15) is 23.2 Å². The Bertz CT molecular complexity index is 1460. The van der Waals surface area contributed by atoms with Crippen LogP contribution < -0.4 is 15.5 Å². The molecule has 2 aromatic carbocycles. The van der Waals surface area contributed by atoms with Gasteiger partial charge in [0.15, 0.2) is 11.4 Å². The number of rotatable bonds is 6. The second-order valence-corrected chi connectivity index (χ2v) is 10.2. The number of ether oxygens (including phenoxy) is 1. The van der Waals surface area contributed by atoms with E-state index < -0.39 is 23.0 Å². The van der Waals surface area contributed by atoms with Crippen molar-refractivity contribution in [2.24, 2.45) is 5.92 Å². The molecule has 7 rings (SSSR count). The Labute approximate surface area is 218 Å². The van der Waals surface area contributed by atoms with Crippen LogP contribution in [0, 0.1) is 17.6 Å². The number of nitrogens with zero attached hydrogens (tertiary/aromatic N) is 2. The van der Waals surface area contributed by atoms with Gasteiger partial charge in [-0.15, -0.1) is 0 Å². The predicted molar refractivity (Wildman–Crippen MR) is 135 cm³/mol. The van der Waals surface area contributed by atoms with Crippen LogP contribution in [0.4, 0.5) is 8.78 Å². The lowest BCUT2D eigenvalue weighted by molar-refractivity contribution is -0.0182. The number of piperidine rings is 2. The topological polar surface area (TPSA) is 80.6 Å². The standard InChI is InChI=1S/C29H27F2N3O4/c30-20-9-6-19(23(31)12-20)13-32-28(36)22-14-33-15-24-18-7-10-21(11-8-18)34(24)29(37)25(33)27(26(22)35)38-16-17-4-2-1-3-5-17/h1-6,9,12,14,18,21,24H,7-8,10-11,13,15-16H2,(H,32,36)/t18?,21?,24-/m0/s1. The monoisotopic (exact) mass is 519 g/mol. The highest BCUT2D eigenvalue weighted by atomic mass is 19.1. The molecule has 7 nitrogen and oxygen atoms in total. The average molecular weight is 520 g/mol. The van der Waals surface area contributed by atoms with Gasteiger partial charge in [0, 0.05) is 37.0 Å². The number of halogens is 2. The highest BCUT2D eigenvalue weighted by molar-refractivity contribution is 5.99. The number of fused-ring (bicyclic) bond motifs is 3. The molecule has 1 atom stereocenters. The van der Waals surface area contributed by atoms with Crippen LogP contribution in [0.25, 0.3) is 0 Å². The van der Waals surface area contributed by atoms with Gasteiger partial charge >= 0.3 is 0 Å². The maximum Gasteiger partial charge on any atom is 0.275 e. The number of nitrogens with one attached hydrogen (secondary N) is 1. The van der Waals surface area contributed by atoms with Crippen molar-refractivity contribution in [2.75, 3.05) is 0 Å². The van der Waals surface area contributed by atoms with Crippen LogP contribution in [0.3, 0.4) is 0 Å². The Morgan fingerprint density at radius 2 is 1.79 bits per heavy atom. The summed E-state index contributed by atoms with van der Waals surface area (Å²) >= 11 is 0. The molecule has 196 valence electrons. The lowest BCUT2D eigenvalue weighted by Gasteiger charge is -2.54. The molecule has 0 radical (unpaired) electrons. The minimum Gasteiger partial charge on any atom is -0.483 e. The molecule has 0 spiro atoms. The third-order valence-electron chi connectivity index (χ3n) is 8.02. The normalized spacial score (nSPS) is 21.6. The third kappa shape index (κ3) is 4.25. The van der Waals surface area contributed by atoms with Gasteiger partial charge in [0.1, 0.15) is 23.8 Å². The van der Waals surface area contributed by atoms with E-state index in [1.807, 2.05) is 35.2 Å². The van der Waals surface area contributed by atoms with Gasteiger partial charge in [-0.3, -0.25) is 14.4 Å². The van der Waals surface area contributed by atoms with Crippen molar-refractivity contribution in [3.8, 4) is 5.75 Å². The van der Waals surface area contributed by atoms with Crippen molar-refractivity contribution in [1.82, 2.24) is 14.8 Å². The first-order valence-electron chi connectivity index (χ1n) is 12.9. The molecule has 1 aliphatic carbocycles. The van der Waals surface area contributed by atoms with Crippen LogP contribution in [-0.4, -0.2) is 33.4 Å². The molecule has 3 aromatic rings. The van der Waals surface area contributed by atoms with Crippen LogP contribution in [0.2, 0.25) is 0 Å². The number of carbonyl (C=O) groups excluding carboxylic acids is 2. The molecule has 1 aromatic heterocycles. The maximum absolute atomic E-state index is 14.1. The summed E-state index contributed by atoms with van der Waals surface area (Å²) in [7, 11) is 0. The first kappa shape index (κ1) is 24.3. The third-order valence-corrected chi connectivity index (χ3v) is 8.02. The number of aromatic nitrogens is 1. The van der Waals surface area contributed by atoms with Gasteiger partial charge < -0.3 is 19.5 Å². The molecule has 38 heavy (non-hydrogen) atoms. The van der Waals surface area contributed by atoms with Crippen molar-refractivity contribution in [2.45, 2.75) is 57.5 Å². The number of benzene rings is 2. The molecule has 2 saturated heterocycles. The smallest absolute Gasteiger partial charge is 0.275 e. The van der Waals surface area contributed by atoms with Gasteiger partial charge in [-0.05, 0) is 43.2 Å². The van der Waals surface area contributed by atoms with Crippen molar-refractivity contribution in [3.63, 3.8) is 0 Å². The summed E-state index contributed by atoms with van der Waals surface area (Å²) in [6.45, 7) is 0.292. The summed E-state index contributed by atoms with van der Waals surface area (Å²) in [4.78, 5) is 42.5. The van der Waals surface area contributed by atoms with E-state index in [4.69, 9.17) is 4.74 Å². The summed E-state index contributed by atoms with van der Waals surface area (Å²) in [5, 5.41) is 2.55. The van der Waals surface area contributed by atoms with Crippen LogP contribution in [0.15, 0.2) is 59.5 Å². The first-order valence-corrected chi connectivity index (χ1v) is 12.9. The molecule has 4 aliphatic rings. The highest BCUT2D eigenvalue weighted by Gasteiger charge is 2.48. The number of hydrogen-bond donors (Lipinski definition) is 1. The van der Waals surface area contributed by atoms with Gasteiger partial charge in [-0.25, -0.2) is 8.78 Å². The Kier molecular flexibility index (Phi) is 6.21. The van der Waals surface area contributed by atoms with Crippen molar-refractivity contribution >= 4 is 11.8 Å². The molecule has 3 aliphatic heterocycles. The van der Waals surface area contributed by atoms with Gasteiger partial charge in [-0.2, -0.15) is 0 Å². The SMILES string of the molecule is O=C(NCc1ccc(F)cc1F)c1cn2c(c(OCc3ccccc3)c1=O)C(=O)N1C3CCC(CC3)[C@@H]1C2. The lowest BCUT2D eigenvalue weighted by Crippen LogP contribution is -2.62. The summed E-state index contributed by atoms with van der Waals surface area (Å²) in [5.74, 6) is -2.25. The minimum atomic E-state index is -0.794. The predicted octanol–water partition coefficient (Wildman–Crippen LogP) is 4.03. The second-order valence-electron chi connectivity index (χ2n) is 10.2. The molecule has 4 heterocycles. The number of hydrogen-bond acceptors (Lipinski definition) is 4. The zero-order valence-electron chi connectivity index (χ0n) is 20.7. The van der Waals surface area contributed by atoms with Crippen molar-refractivity contribution < 1.29 is 23.1 Å². The van der Waals surface area contributed by atoms with Crippen LogP contribution in [0.5, 0.6) is 5.75 Å². The summed E-state index contributed by atoms with van der Waals surface area (Å²) in [6, 6.07) is 12.5. The Morgan fingerprint density at radius 1 is 1.03 bits per heavy atom. The van der Waals surface area contributed by atoms with E-state index in [0.717, 1.165) is 43.4 Å². The molecule has 2 bridgehead atoms. The van der Waals surface area contributed by atoms with Gasteiger partial charge in [0.2, 0.25) is 5.43 Å². The molecule has 0 unspecified atom stereocenters. The first-order chi connectivity index (χ1) is 18.4. The van der Waals surface area contributed by atoms with Gasteiger partial charge in [-0.1, -0.05) is 36.4 Å². The summed E-state index contributed by atoms with van der Waals surface area (Å²) in [5.41, 5.74) is 0.170. The second kappa shape index (κ2) is 9.70. The molecular weight excluding hydrogens is 492 g/mol. The minimum absolute atomic E-state index is 0.0104. The Hall–Kier alpha value is -4.01. The fourth-order valence-corrected chi connectivity index (χ4v) is 6.10. The number of pyridine rings is 1. The molecule has 3 fully saturated rings. The highest BCUT2D eigenvalue weighted by Crippen LogP contribution is 2.43. The largest absolute Gasteiger partial charge is 0.483 e. The summed E-state index contributed by atoms with van der Waals surface area (Å²) < 4.78 is 35.0. The number of carbonyl (C=O) groups is 2. The maximum atomic E-state index is 14.1. The summed E-state index contributed by atoms with van der Waals surface area (Å²) in [6.07, 6.45) is 5.45. The number of amides is 2. The lowest BCUT2D eigenvalue weighted by atomic mass is 9.73. The Morgan fingerprint density at radius 3 is 2.53 bits per heavy atom. The van der Waals surface area contributed by atoms with E-state index in [0.29, 0.717) is 12.5 Å². The van der Waals surface area contributed by atoms with Crippen LogP contribution >= 0.6 is 0 Å². The van der Waals surface area contributed by atoms with Crippen LogP contribution in [0.1, 0.15) is 57.7 Å². The molecule has 9 heteroatoms. The average Bonchev–Trinajstić information content (AvgIpc) is 2.93. The van der Waals surface area contributed by atoms with E-state index in [2.05, 4.69) is 5.32 Å². The van der Waals surface area contributed by atoms with E-state index in [1.165, 1.54) is 12.3 Å². The zero-order valence-corrected chi connectivity index (χ0v) is 20.7. The van der Waals surface area contributed by atoms with E-state index in [-0.39, 0.29) is 53.7 Å². The fraction of sp³-hybridized carbons (Fsp3) is 0.345. The molecule has 1 N–H and O–H groups in total. The molecule has 1 saturated carbocycles. The quantitative estimate of drug-likeness (QED) is 0.533. The van der Waals surface area contributed by atoms with Crippen LogP contribution in [-0.2, 0) is 19.7 Å². The van der Waals surface area contributed by atoms with E-state index in [1.54, 1.807) is 4.57 Å². The zero-order chi connectivity index (χ0) is 26.4. The van der Waals surface area contributed by atoms with E-state index >= 15 is 0 Å². The molecular formula is C29H27F2N3O4. The van der Waals surface area contributed by atoms with Crippen molar-refractivity contribution in [1.29, 1.82) is 0 Å².